The highest BCUT2D eigenvalue weighted by atomic mass is 79.9. The Bertz CT molecular complexity index is 680. The lowest BCUT2D eigenvalue weighted by Gasteiger charge is -2.12. The van der Waals surface area contributed by atoms with Crippen LogP contribution in [0.2, 0.25) is 0 Å². The van der Waals surface area contributed by atoms with E-state index in [2.05, 4.69) is 31.3 Å². The molecule has 8 nitrogen and oxygen atoms in total. The Morgan fingerprint density at radius 3 is 2.86 bits per heavy atom. The molecule has 0 bridgehead atoms. The van der Waals surface area contributed by atoms with Crippen LogP contribution in [-0.2, 0) is 6.42 Å². The van der Waals surface area contributed by atoms with Crippen LogP contribution in [0.4, 0.5) is 11.5 Å². The number of hydrogen-bond donors (Lipinski definition) is 2. The molecule has 110 valence electrons. The average molecular weight is 354 g/mol. The third kappa shape index (κ3) is 3.09. The van der Waals surface area contributed by atoms with Gasteiger partial charge in [-0.3, -0.25) is 10.1 Å². The molecule has 3 N–H and O–H groups in total. The minimum Gasteiger partial charge on any atom is -0.437 e. The zero-order valence-electron chi connectivity index (χ0n) is 11.0. The van der Waals surface area contributed by atoms with Crippen molar-refractivity contribution in [2.45, 2.75) is 13.3 Å². The maximum absolute atomic E-state index is 10.9. The summed E-state index contributed by atoms with van der Waals surface area (Å²) >= 11 is 3.17. The third-order valence-electron chi connectivity index (χ3n) is 2.74. The number of hydrogen-bond acceptors (Lipinski definition) is 7. The van der Waals surface area contributed by atoms with Gasteiger partial charge in [-0.15, -0.1) is 0 Å². The second-order valence-electron chi connectivity index (χ2n) is 3.95. The minimum absolute atomic E-state index is 0.0863. The summed E-state index contributed by atoms with van der Waals surface area (Å²) in [4.78, 5) is 18.5. The van der Waals surface area contributed by atoms with Gasteiger partial charge in [0.05, 0.1) is 10.5 Å². The maximum atomic E-state index is 10.9. The molecule has 21 heavy (non-hydrogen) atoms. The zero-order valence-corrected chi connectivity index (χ0v) is 12.6. The number of ether oxygens (including phenoxy) is 1. The molecule has 0 saturated heterocycles. The van der Waals surface area contributed by atoms with Crippen molar-refractivity contribution in [3.05, 3.63) is 44.7 Å². The van der Waals surface area contributed by atoms with Gasteiger partial charge in [0.25, 0.3) is 5.69 Å². The number of nitro groups is 1. The number of aromatic nitrogens is 2. The van der Waals surface area contributed by atoms with Gasteiger partial charge in [0.15, 0.2) is 5.75 Å². The number of nitrogens with zero attached hydrogens (tertiary/aromatic N) is 3. The minimum atomic E-state index is -0.496. The van der Waals surface area contributed by atoms with Crippen molar-refractivity contribution in [1.82, 2.24) is 9.97 Å². The summed E-state index contributed by atoms with van der Waals surface area (Å²) in [5.41, 5.74) is 3.06. The van der Waals surface area contributed by atoms with Crippen molar-refractivity contribution in [3.63, 3.8) is 0 Å². The molecular weight excluding hydrogens is 342 g/mol. The summed E-state index contributed by atoms with van der Waals surface area (Å²) in [6, 6.07) is 4.52. The number of nitrogens with one attached hydrogen (secondary N) is 1. The smallest absolute Gasteiger partial charge is 0.287 e. The Balaban J connectivity index is 2.44. The van der Waals surface area contributed by atoms with E-state index in [4.69, 9.17) is 10.6 Å². The van der Waals surface area contributed by atoms with E-state index in [0.29, 0.717) is 29.4 Å². The number of rotatable bonds is 5. The van der Waals surface area contributed by atoms with Gasteiger partial charge in [-0.1, -0.05) is 13.0 Å². The van der Waals surface area contributed by atoms with Crippen LogP contribution in [0.3, 0.4) is 0 Å². The summed E-state index contributed by atoms with van der Waals surface area (Å²) in [5, 5.41) is 10.9. The van der Waals surface area contributed by atoms with Gasteiger partial charge < -0.3 is 10.2 Å². The number of halogens is 1. The van der Waals surface area contributed by atoms with Gasteiger partial charge in [-0.25, -0.2) is 15.8 Å². The van der Waals surface area contributed by atoms with Crippen LogP contribution in [-0.4, -0.2) is 14.9 Å². The van der Waals surface area contributed by atoms with E-state index < -0.39 is 4.92 Å². The van der Waals surface area contributed by atoms with E-state index in [0.717, 1.165) is 0 Å². The van der Waals surface area contributed by atoms with Gasteiger partial charge in [-0.05, 0) is 28.4 Å². The third-order valence-corrected chi connectivity index (χ3v) is 3.54. The second-order valence-corrected chi connectivity index (χ2v) is 4.75. The largest absolute Gasteiger partial charge is 0.437 e. The topological polar surface area (TPSA) is 116 Å². The van der Waals surface area contributed by atoms with E-state index in [9.17, 15) is 10.1 Å². The normalized spacial score (nSPS) is 10.2. The lowest BCUT2D eigenvalue weighted by molar-refractivity contribution is -0.385. The number of nitrogen functional groups attached to an aromatic ring is 1. The number of hydrazine groups is 1. The SMILES string of the molecule is CCc1c(NN)ncnc1Oc1cccc([N+](=O)[O-])c1Br. The molecule has 0 atom stereocenters. The van der Waals surface area contributed by atoms with Crippen LogP contribution in [0, 0.1) is 10.1 Å². The van der Waals surface area contributed by atoms with Crippen molar-refractivity contribution in [2.75, 3.05) is 5.43 Å². The van der Waals surface area contributed by atoms with Crippen LogP contribution in [0.1, 0.15) is 12.5 Å². The molecule has 0 fully saturated rings. The quantitative estimate of drug-likeness (QED) is 0.482. The highest BCUT2D eigenvalue weighted by Crippen LogP contribution is 2.37. The molecule has 1 aromatic heterocycles. The van der Waals surface area contributed by atoms with Gasteiger partial charge >= 0.3 is 0 Å². The molecule has 0 aliphatic rings. The molecule has 0 aliphatic carbocycles. The summed E-state index contributed by atoms with van der Waals surface area (Å²) < 4.78 is 5.91. The number of anilines is 1. The highest BCUT2D eigenvalue weighted by Gasteiger charge is 2.18. The van der Waals surface area contributed by atoms with Crippen LogP contribution in [0.5, 0.6) is 11.6 Å². The molecule has 0 aliphatic heterocycles. The van der Waals surface area contributed by atoms with E-state index in [1.54, 1.807) is 6.07 Å². The molecule has 0 saturated carbocycles. The van der Waals surface area contributed by atoms with Crippen LogP contribution in [0.25, 0.3) is 0 Å². The van der Waals surface area contributed by atoms with E-state index >= 15 is 0 Å². The van der Waals surface area contributed by atoms with Gasteiger partial charge in [0.2, 0.25) is 5.88 Å². The summed E-state index contributed by atoms with van der Waals surface area (Å²) in [6.45, 7) is 1.90. The first kappa shape index (κ1) is 15.1. The van der Waals surface area contributed by atoms with E-state index in [1.807, 2.05) is 6.92 Å². The molecule has 2 aromatic rings. The lowest BCUT2D eigenvalue weighted by atomic mass is 10.2. The Labute approximate surface area is 128 Å². The predicted molar refractivity (Wildman–Crippen MR) is 80.1 cm³/mol. The molecule has 0 radical (unpaired) electrons. The zero-order chi connectivity index (χ0) is 15.4. The van der Waals surface area contributed by atoms with Gasteiger partial charge in [-0.2, -0.15) is 0 Å². The first-order valence-corrected chi connectivity index (χ1v) is 6.79. The molecule has 2 rings (SSSR count). The molecular formula is C12H12BrN5O3. The molecule has 9 heteroatoms. The van der Waals surface area contributed by atoms with Crippen LogP contribution in [0.15, 0.2) is 29.0 Å². The monoisotopic (exact) mass is 353 g/mol. The highest BCUT2D eigenvalue weighted by molar-refractivity contribution is 9.10. The second kappa shape index (κ2) is 6.46. The fraction of sp³-hybridized carbons (Fsp3) is 0.167. The van der Waals surface area contributed by atoms with E-state index in [1.165, 1.54) is 18.5 Å². The fourth-order valence-electron chi connectivity index (χ4n) is 1.75. The lowest BCUT2D eigenvalue weighted by Crippen LogP contribution is -2.12. The van der Waals surface area contributed by atoms with Crippen molar-refractivity contribution >= 4 is 27.4 Å². The standard InChI is InChI=1S/C12H12BrN5O3/c1-2-7-11(17-14)15-6-16-12(7)21-9-5-3-4-8(10(9)13)18(19)20/h3-6H,2,14H2,1H3,(H,15,16,17). The Kier molecular flexibility index (Phi) is 4.66. The first-order valence-electron chi connectivity index (χ1n) is 5.99. The molecule has 1 aromatic carbocycles. The molecule has 1 heterocycles. The Hall–Kier alpha value is -2.26. The Morgan fingerprint density at radius 2 is 2.24 bits per heavy atom. The molecule has 0 spiro atoms. The summed E-state index contributed by atoms with van der Waals surface area (Å²) in [6.07, 6.45) is 1.89. The van der Waals surface area contributed by atoms with Gasteiger partial charge in [0, 0.05) is 6.07 Å². The van der Waals surface area contributed by atoms with Gasteiger partial charge in [0.1, 0.15) is 16.6 Å². The first-order chi connectivity index (χ1) is 10.1. The number of nitro benzene ring substituents is 1. The van der Waals surface area contributed by atoms with Crippen LogP contribution >= 0.6 is 15.9 Å². The summed E-state index contributed by atoms with van der Waals surface area (Å²) in [5.74, 6) is 6.42. The average Bonchev–Trinajstić information content (AvgIpc) is 2.48. The van der Waals surface area contributed by atoms with Crippen molar-refractivity contribution in [2.24, 2.45) is 5.84 Å². The predicted octanol–water partition coefficient (Wildman–Crippen LogP) is 2.79. The Morgan fingerprint density at radius 1 is 1.48 bits per heavy atom. The number of nitrogens with two attached hydrogens (primary N) is 1. The molecule has 0 unspecified atom stereocenters. The fourth-order valence-corrected chi connectivity index (χ4v) is 2.24. The van der Waals surface area contributed by atoms with Crippen molar-refractivity contribution in [3.8, 4) is 11.6 Å². The maximum Gasteiger partial charge on any atom is 0.287 e. The van der Waals surface area contributed by atoms with Crippen molar-refractivity contribution < 1.29 is 9.66 Å². The molecule has 0 amide bonds. The van der Waals surface area contributed by atoms with Crippen LogP contribution < -0.4 is 16.0 Å². The van der Waals surface area contributed by atoms with E-state index in [-0.39, 0.29) is 10.2 Å². The van der Waals surface area contributed by atoms with Crippen molar-refractivity contribution in [1.29, 1.82) is 0 Å². The summed E-state index contributed by atoms with van der Waals surface area (Å²) in [7, 11) is 0. The number of benzene rings is 1.